The Balaban J connectivity index is 2.25. The first kappa shape index (κ1) is 8.64. The van der Waals surface area contributed by atoms with Gasteiger partial charge in [-0.1, -0.05) is 6.92 Å². The number of hydrogen-bond acceptors (Lipinski definition) is 2. The summed E-state index contributed by atoms with van der Waals surface area (Å²) in [7, 11) is 0. The Kier molecular flexibility index (Phi) is 2.76. The summed E-state index contributed by atoms with van der Waals surface area (Å²) < 4.78 is 1.59. The van der Waals surface area contributed by atoms with Gasteiger partial charge in [-0.05, 0) is 47.9 Å². The van der Waals surface area contributed by atoms with Crippen LogP contribution in [0, 0.1) is 0 Å². The molecule has 0 saturated heterocycles. The lowest BCUT2D eigenvalue weighted by Crippen LogP contribution is -1.99. The molecule has 0 unspecified atom stereocenters. The van der Waals surface area contributed by atoms with Gasteiger partial charge in [0.05, 0.1) is 4.21 Å². The summed E-state index contributed by atoms with van der Waals surface area (Å²) in [6.45, 7) is 2.24. The van der Waals surface area contributed by atoms with Crippen molar-refractivity contribution in [1.82, 2.24) is 0 Å². The first-order valence-corrected chi connectivity index (χ1v) is 6.50. The predicted octanol–water partition coefficient (Wildman–Crippen LogP) is 3.74. The van der Waals surface area contributed by atoms with E-state index in [2.05, 4.69) is 12.3 Å². The van der Waals surface area contributed by atoms with Crippen LogP contribution in [-0.2, 0) is 12.8 Å². The first-order valence-electron chi connectivity index (χ1n) is 4.64. The Morgan fingerprint density at radius 2 is 2.25 bits per heavy atom. The van der Waals surface area contributed by atoms with Gasteiger partial charge in [-0.25, -0.2) is 0 Å². The van der Waals surface area contributed by atoms with Gasteiger partial charge in [0, 0.05) is 0 Å². The smallest absolute Gasteiger partial charge is 0.0633 e. The first-order chi connectivity index (χ1) is 5.92. The minimum atomic E-state index is 1.22. The second-order valence-corrected chi connectivity index (χ2v) is 5.58. The topological polar surface area (TPSA) is 0 Å². The van der Waals surface area contributed by atoms with Gasteiger partial charge >= 0.3 is 0 Å². The van der Waals surface area contributed by atoms with E-state index in [1.165, 1.54) is 31.4 Å². The van der Waals surface area contributed by atoms with Gasteiger partial charge in [0.1, 0.15) is 0 Å². The molecule has 0 amide bonds. The van der Waals surface area contributed by atoms with E-state index in [0.29, 0.717) is 0 Å². The third kappa shape index (κ3) is 1.55. The standard InChI is InChI=1S/C10H14S2/c1-2-11-10-9-6-4-3-5-8(9)7-12-10/h7H,2-6H2,1H3. The van der Waals surface area contributed by atoms with Crippen molar-refractivity contribution in [3.05, 3.63) is 16.5 Å². The van der Waals surface area contributed by atoms with E-state index >= 15 is 0 Å². The molecule has 0 aliphatic heterocycles. The van der Waals surface area contributed by atoms with Gasteiger partial charge in [-0.3, -0.25) is 0 Å². The van der Waals surface area contributed by atoms with Crippen molar-refractivity contribution in [3.8, 4) is 0 Å². The number of hydrogen-bond donors (Lipinski definition) is 0. The average molecular weight is 198 g/mol. The maximum Gasteiger partial charge on any atom is 0.0633 e. The molecule has 0 aromatic carbocycles. The molecule has 1 aromatic heterocycles. The van der Waals surface area contributed by atoms with E-state index in [9.17, 15) is 0 Å². The molecule has 0 nitrogen and oxygen atoms in total. The minimum Gasteiger partial charge on any atom is -0.137 e. The van der Waals surface area contributed by atoms with Crippen molar-refractivity contribution >= 4 is 23.1 Å². The van der Waals surface area contributed by atoms with E-state index in [4.69, 9.17) is 0 Å². The van der Waals surface area contributed by atoms with Gasteiger partial charge in [-0.2, -0.15) is 0 Å². The zero-order chi connectivity index (χ0) is 8.39. The molecule has 0 saturated carbocycles. The Morgan fingerprint density at radius 1 is 1.42 bits per heavy atom. The van der Waals surface area contributed by atoms with Gasteiger partial charge in [0.15, 0.2) is 0 Å². The zero-order valence-electron chi connectivity index (χ0n) is 7.43. The third-order valence-electron chi connectivity index (χ3n) is 2.34. The quantitative estimate of drug-likeness (QED) is 0.652. The lowest BCUT2D eigenvalue weighted by molar-refractivity contribution is 0.683. The van der Waals surface area contributed by atoms with Crippen LogP contribution in [-0.4, -0.2) is 5.75 Å². The molecule has 2 heteroatoms. The van der Waals surface area contributed by atoms with Crippen LogP contribution in [0.25, 0.3) is 0 Å². The lowest BCUT2D eigenvalue weighted by atomic mass is 9.96. The third-order valence-corrected chi connectivity index (χ3v) is 4.64. The second kappa shape index (κ2) is 3.84. The highest BCUT2D eigenvalue weighted by atomic mass is 32.2. The maximum absolute atomic E-state index is 2.37. The van der Waals surface area contributed by atoms with Crippen LogP contribution < -0.4 is 0 Å². The van der Waals surface area contributed by atoms with Crippen molar-refractivity contribution in [1.29, 1.82) is 0 Å². The SMILES string of the molecule is CCSc1scc2c1CCCC2. The molecular formula is C10H14S2. The van der Waals surface area contributed by atoms with Crippen molar-refractivity contribution in [2.75, 3.05) is 5.75 Å². The monoisotopic (exact) mass is 198 g/mol. The van der Waals surface area contributed by atoms with Crippen LogP contribution in [0.5, 0.6) is 0 Å². The van der Waals surface area contributed by atoms with E-state index < -0.39 is 0 Å². The zero-order valence-corrected chi connectivity index (χ0v) is 9.06. The Bertz CT molecular complexity index is 263. The molecule has 66 valence electrons. The predicted molar refractivity (Wildman–Crippen MR) is 57.4 cm³/mol. The second-order valence-electron chi connectivity index (χ2n) is 3.17. The molecule has 1 aliphatic rings. The molecule has 0 atom stereocenters. The van der Waals surface area contributed by atoms with E-state index in [0.717, 1.165) is 0 Å². The Morgan fingerprint density at radius 3 is 3.08 bits per heavy atom. The van der Waals surface area contributed by atoms with Crippen LogP contribution in [0.15, 0.2) is 9.59 Å². The molecule has 0 fully saturated rings. The van der Waals surface area contributed by atoms with E-state index in [-0.39, 0.29) is 0 Å². The summed E-state index contributed by atoms with van der Waals surface area (Å²) in [4.78, 5) is 0. The Hall–Kier alpha value is 0.0500. The fourth-order valence-electron chi connectivity index (χ4n) is 1.74. The minimum absolute atomic E-state index is 1.22. The lowest BCUT2D eigenvalue weighted by Gasteiger charge is -2.11. The highest BCUT2D eigenvalue weighted by Crippen LogP contribution is 2.36. The van der Waals surface area contributed by atoms with Crippen molar-refractivity contribution in [2.45, 2.75) is 36.8 Å². The maximum atomic E-state index is 2.37. The summed E-state index contributed by atoms with van der Waals surface area (Å²) >= 11 is 3.97. The molecule has 0 spiro atoms. The number of thioether (sulfide) groups is 1. The molecule has 2 rings (SSSR count). The van der Waals surface area contributed by atoms with Crippen LogP contribution in [0.1, 0.15) is 30.9 Å². The molecule has 0 bridgehead atoms. The molecule has 0 radical (unpaired) electrons. The van der Waals surface area contributed by atoms with Crippen LogP contribution in [0.2, 0.25) is 0 Å². The number of rotatable bonds is 2. The summed E-state index contributed by atoms with van der Waals surface area (Å²) in [6, 6.07) is 0. The highest BCUT2D eigenvalue weighted by molar-refractivity contribution is 8.01. The summed E-state index contributed by atoms with van der Waals surface area (Å²) in [5, 5.41) is 2.37. The van der Waals surface area contributed by atoms with Gasteiger partial charge < -0.3 is 0 Å². The fraction of sp³-hybridized carbons (Fsp3) is 0.600. The molecule has 1 heterocycles. The molecule has 0 N–H and O–H groups in total. The molecule has 1 aliphatic carbocycles. The largest absolute Gasteiger partial charge is 0.137 e. The highest BCUT2D eigenvalue weighted by Gasteiger charge is 2.14. The summed E-state index contributed by atoms with van der Waals surface area (Å²) in [5.74, 6) is 1.22. The normalized spacial score (nSPS) is 16.1. The van der Waals surface area contributed by atoms with Gasteiger partial charge in [-0.15, -0.1) is 23.1 Å². The Labute approximate surface area is 82.4 Å². The summed E-state index contributed by atoms with van der Waals surface area (Å²) in [6.07, 6.45) is 5.47. The van der Waals surface area contributed by atoms with Crippen LogP contribution in [0.3, 0.4) is 0 Å². The number of aryl methyl sites for hydroxylation is 1. The van der Waals surface area contributed by atoms with Gasteiger partial charge in [0.2, 0.25) is 0 Å². The summed E-state index contributed by atoms with van der Waals surface area (Å²) in [5.41, 5.74) is 3.32. The van der Waals surface area contributed by atoms with E-state index in [1.807, 2.05) is 23.1 Å². The van der Waals surface area contributed by atoms with Crippen molar-refractivity contribution in [2.24, 2.45) is 0 Å². The van der Waals surface area contributed by atoms with Crippen LogP contribution in [0.4, 0.5) is 0 Å². The van der Waals surface area contributed by atoms with Crippen LogP contribution >= 0.6 is 23.1 Å². The molecule has 12 heavy (non-hydrogen) atoms. The van der Waals surface area contributed by atoms with Crippen molar-refractivity contribution < 1.29 is 0 Å². The van der Waals surface area contributed by atoms with E-state index in [1.54, 1.807) is 15.3 Å². The average Bonchev–Trinajstić information content (AvgIpc) is 2.50. The van der Waals surface area contributed by atoms with Crippen molar-refractivity contribution in [3.63, 3.8) is 0 Å². The fourth-order valence-corrected chi connectivity index (χ4v) is 4.06. The number of fused-ring (bicyclic) bond motifs is 1. The van der Waals surface area contributed by atoms with Gasteiger partial charge in [0.25, 0.3) is 0 Å². The number of thiophene rings is 1. The molecular weight excluding hydrogens is 184 g/mol. The molecule has 1 aromatic rings.